The molecule has 1 aliphatic rings. The Morgan fingerprint density at radius 2 is 1.76 bits per heavy atom. The van der Waals surface area contributed by atoms with Gasteiger partial charge in [0.15, 0.2) is 0 Å². The Bertz CT molecular complexity index is 955. The van der Waals surface area contributed by atoms with Crippen LogP contribution in [0.3, 0.4) is 0 Å². The smallest absolute Gasteiger partial charge is 0.254 e. The van der Waals surface area contributed by atoms with Crippen LogP contribution in [0.4, 0.5) is 0 Å². The molecule has 0 atom stereocenters. The molecule has 1 saturated heterocycles. The molecule has 0 saturated carbocycles. The molecule has 0 bridgehead atoms. The number of carbonyl (C=O) groups is 1. The van der Waals surface area contributed by atoms with Gasteiger partial charge in [0, 0.05) is 36.9 Å². The maximum atomic E-state index is 13.5. The zero-order valence-electron chi connectivity index (χ0n) is 17.2. The van der Waals surface area contributed by atoms with E-state index in [1.165, 1.54) is 12.8 Å². The number of ether oxygens (including phenoxy) is 1. The second-order valence-corrected chi connectivity index (χ2v) is 7.98. The van der Waals surface area contributed by atoms with Crippen LogP contribution in [-0.2, 0) is 16.8 Å². The van der Waals surface area contributed by atoms with E-state index in [9.17, 15) is 4.79 Å². The van der Waals surface area contributed by atoms with E-state index >= 15 is 0 Å². The summed E-state index contributed by atoms with van der Waals surface area (Å²) >= 11 is 0. The summed E-state index contributed by atoms with van der Waals surface area (Å²) in [4.78, 5) is 13.5. The summed E-state index contributed by atoms with van der Waals surface area (Å²) in [6, 6.07) is 18.5. The molecule has 152 valence electrons. The normalized spacial score (nSPS) is 16.0. The van der Waals surface area contributed by atoms with Gasteiger partial charge < -0.3 is 14.6 Å². The third-order valence-corrected chi connectivity index (χ3v) is 6.06. The molecule has 0 unspecified atom stereocenters. The second-order valence-electron chi connectivity index (χ2n) is 7.98. The van der Waals surface area contributed by atoms with Crippen molar-refractivity contribution in [1.82, 2.24) is 9.88 Å². The number of para-hydroxylation sites is 1. The SMILES string of the molecule is CCCCCn1cc(C(=O)NC2(c3ccccc3)CCOCC2)c2ccccc21. The van der Waals surface area contributed by atoms with Crippen LogP contribution in [0.5, 0.6) is 0 Å². The summed E-state index contributed by atoms with van der Waals surface area (Å²) < 4.78 is 7.84. The highest BCUT2D eigenvalue weighted by atomic mass is 16.5. The second kappa shape index (κ2) is 8.83. The molecule has 2 aromatic carbocycles. The number of unbranched alkanes of at least 4 members (excludes halogenated alkanes) is 2. The highest BCUT2D eigenvalue weighted by molar-refractivity contribution is 6.07. The Morgan fingerprint density at radius 1 is 1.03 bits per heavy atom. The van der Waals surface area contributed by atoms with E-state index < -0.39 is 0 Å². The largest absolute Gasteiger partial charge is 0.381 e. The van der Waals surface area contributed by atoms with Crippen molar-refractivity contribution < 1.29 is 9.53 Å². The fourth-order valence-electron chi connectivity index (χ4n) is 4.39. The first-order valence-corrected chi connectivity index (χ1v) is 10.8. The summed E-state index contributed by atoms with van der Waals surface area (Å²) in [5.74, 6) is 0.00111. The number of nitrogens with one attached hydrogen (secondary N) is 1. The summed E-state index contributed by atoms with van der Waals surface area (Å²) in [6.07, 6.45) is 7.13. The predicted molar refractivity (Wildman–Crippen MR) is 117 cm³/mol. The number of aromatic nitrogens is 1. The Labute approximate surface area is 172 Å². The molecule has 3 aromatic rings. The molecule has 0 radical (unpaired) electrons. The van der Waals surface area contributed by atoms with Crippen LogP contribution < -0.4 is 5.32 Å². The highest BCUT2D eigenvalue weighted by Crippen LogP contribution is 2.33. The molecule has 1 fully saturated rings. The highest BCUT2D eigenvalue weighted by Gasteiger charge is 2.36. The molecule has 4 nitrogen and oxygen atoms in total. The number of benzene rings is 2. The summed E-state index contributed by atoms with van der Waals surface area (Å²) in [6.45, 7) is 4.48. The lowest BCUT2D eigenvalue weighted by Gasteiger charge is -2.38. The van der Waals surface area contributed by atoms with Crippen LogP contribution >= 0.6 is 0 Å². The number of hydrogen-bond donors (Lipinski definition) is 1. The minimum atomic E-state index is -0.373. The van der Waals surface area contributed by atoms with Crippen LogP contribution in [0, 0.1) is 0 Å². The van der Waals surface area contributed by atoms with E-state index in [-0.39, 0.29) is 11.4 Å². The van der Waals surface area contributed by atoms with Crippen molar-refractivity contribution in [3.63, 3.8) is 0 Å². The first-order chi connectivity index (χ1) is 14.2. The third-order valence-electron chi connectivity index (χ3n) is 6.06. The number of aryl methyl sites for hydroxylation is 1. The van der Waals surface area contributed by atoms with Gasteiger partial charge in [-0.3, -0.25) is 4.79 Å². The number of hydrogen-bond acceptors (Lipinski definition) is 2. The van der Waals surface area contributed by atoms with Gasteiger partial charge in [-0.05, 0) is 30.9 Å². The lowest BCUT2D eigenvalue weighted by molar-refractivity contribution is 0.0346. The van der Waals surface area contributed by atoms with Gasteiger partial charge in [0.05, 0.1) is 11.1 Å². The zero-order valence-corrected chi connectivity index (χ0v) is 17.2. The first kappa shape index (κ1) is 19.7. The topological polar surface area (TPSA) is 43.3 Å². The van der Waals surface area contributed by atoms with Crippen molar-refractivity contribution in [3.8, 4) is 0 Å². The number of nitrogens with zero attached hydrogens (tertiary/aromatic N) is 1. The Hall–Kier alpha value is -2.59. The number of amides is 1. The summed E-state index contributed by atoms with van der Waals surface area (Å²) in [5.41, 5.74) is 2.68. The van der Waals surface area contributed by atoms with Gasteiger partial charge in [-0.2, -0.15) is 0 Å². The molecule has 29 heavy (non-hydrogen) atoms. The molecular weight excluding hydrogens is 360 g/mol. The van der Waals surface area contributed by atoms with Crippen molar-refractivity contribution in [2.45, 2.75) is 51.1 Å². The average molecular weight is 391 g/mol. The van der Waals surface area contributed by atoms with Crippen LogP contribution in [0.25, 0.3) is 10.9 Å². The van der Waals surface area contributed by atoms with Gasteiger partial charge >= 0.3 is 0 Å². The maximum Gasteiger partial charge on any atom is 0.254 e. The zero-order chi connectivity index (χ0) is 20.1. The fraction of sp³-hybridized carbons (Fsp3) is 0.400. The van der Waals surface area contributed by atoms with Crippen LogP contribution in [-0.4, -0.2) is 23.7 Å². The first-order valence-electron chi connectivity index (χ1n) is 10.8. The van der Waals surface area contributed by atoms with Gasteiger partial charge in [-0.1, -0.05) is 68.3 Å². The molecule has 4 rings (SSSR count). The van der Waals surface area contributed by atoms with Crippen LogP contribution in [0.15, 0.2) is 60.8 Å². The van der Waals surface area contributed by atoms with Gasteiger partial charge in [0.2, 0.25) is 0 Å². The molecule has 0 spiro atoms. The van der Waals surface area contributed by atoms with Gasteiger partial charge in [-0.15, -0.1) is 0 Å². The molecule has 1 amide bonds. The molecule has 0 aliphatic carbocycles. The Morgan fingerprint density at radius 3 is 2.52 bits per heavy atom. The number of fused-ring (bicyclic) bond motifs is 1. The monoisotopic (exact) mass is 390 g/mol. The van der Waals surface area contributed by atoms with E-state index in [0.717, 1.165) is 47.8 Å². The standard InChI is InChI=1S/C25H30N2O2/c1-2-3-9-16-27-19-22(21-12-7-8-13-23(21)27)24(28)26-25(14-17-29-18-15-25)20-10-5-4-6-11-20/h4-8,10-13,19H,2-3,9,14-18H2,1H3,(H,26,28). The van der Waals surface area contributed by atoms with E-state index in [1.54, 1.807) is 0 Å². The number of rotatable bonds is 7. The lowest BCUT2D eigenvalue weighted by atomic mass is 9.82. The third kappa shape index (κ3) is 4.08. The summed E-state index contributed by atoms with van der Waals surface area (Å²) in [5, 5.41) is 4.43. The van der Waals surface area contributed by atoms with Gasteiger partial charge in [-0.25, -0.2) is 0 Å². The minimum absolute atomic E-state index is 0.00111. The van der Waals surface area contributed by atoms with Crippen molar-refractivity contribution in [2.75, 3.05) is 13.2 Å². The van der Waals surface area contributed by atoms with Crippen molar-refractivity contribution in [2.24, 2.45) is 0 Å². The van der Waals surface area contributed by atoms with E-state index in [2.05, 4.69) is 41.1 Å². The minimum Gasteiger partial charge on any atom is -0.381 e. The van der Waals surface area contributed by atoms with Crippen LogP contribution in [0.1, 0.15) is 54.9 Å². The van der Waals surface area contributed by atoms with Crippen molar-refractivity contribution in [3.05, 3.63) is 71.9 Å². The molecule has 4 heteroatoms. The molecule has 1 N–H and O–H groups in total. The van der Waals surface area contributed by atoms with Crippen LogP contribution in [0.2, 0.25) is 0 Å². The predicted octanol–water partition coefficient (Wildman–Crippen LogP) is 5.27. The Kier molecular flexibility index (Phi) is 6.00. The summed E-state index contributed by atoms with van der Waals surface area (Å²) in [7, 11) is 0. The van der Waals surface area contributed by atoms with E-state index in [4.69, 9.17) is 4.74 Å². The van der Waals surface area contributed by atoms with Gasteiger partial charge in [0.1, 0.15) is 0 Å². The molecule has 1 aliphatic heterocycles. The van der Waals surface area contributed by atoms with E-state index in [1.807, 2.05) is 36.5 Å². The molecule has 2 heterocycles. The van der Waals surface area contributed by atoms with Gasteiger partial charge in [0.25, 0.3) is 5.91 Å². The number of carbonyl (C=O) groups excluding carboxylic acids is 1. The fourth-order valence-corrected chi connectivity index (χ4v) is 4.39. The maximum absolute atomic E-state index is 13.5. The molecule has 1 aromatic heterocycles. The quantitative estimate of drug-likeness (QED) is 0.559. The van der Waals surface area contributed by atoms with E-state index in [0.29, 0.717) is 13.2 Å². The van der Waals surface area contributed by atoms with Crippen molar-refractivity contribution >= 4 is 16.8 Å². The average Bonchev–Trinajstić information content (AvgIpc) is 3.14. The Balaban J connectivity index is 1.66. The van der Waals surface area contributed by atoms with Crippen molar-refractivity contribution in [1.29, 1.82) is 0 Å². The molecular formula is C25H30N2O2. The lowest BCUT2D eigenvalue weighted by Crippen LogP contribution is -2.49.